The molecule has 8 heteroatoms. The summed E-state index contributed by atoms with van der Waals surface area (Å²) in [5.41, 5.74) is 6.33. The zero-order chi connectivity index (χ0) is 28.8. The number of benzene rings is 3. The van der Waals surface area contributed by atoms with Crippen LogP contribution in [-0.2, 0) is 11.8 Å². The molecule has 0 aliphatic rings. The Morgan fingerprint density at radius 2 is 1.52 bits per heavy atom. The number of oxime groups is 1. The molecule has 2 N–H and O–H groups in total. The number of aliphatic carboxylic acids is 1. The molecular weight excluding hydrogens is 528 g/mol. The van der Waals surface area contributed by atoms with Gasteiger partial charge in [-0.25, -0.2) is 0 Å². The molecule has 0 radical (unpaired) electrons. The van der Waals surface area contributed by atoms with Gasteiger partial charge in [-0.1, -0.05) is 71.4 Å². The second-order valence-electron chi connectivity index (χ2n) is 9.69. The number of aryl methyl sites for hydroxylation is 2. The fraction of sp³-hybridized carbons (Fsp3) is 0.188. The smallest absolute Gasteiger partial charge is 0.303 e. The highest BCUT2D eigenvalue weighted by atomic mass is 35.5. The molecule has 0 aliphatic carbocycles. The summed E-state index contributed by atoms with van der Waals surface area (Å²) >= 11 is 6.24. The zero-order valence-corrected chi connectivity index (χ0v) is 22.9. The maximum Gasteiger partial charge on any atom is 0.303 e. The fourth-order valence-corrected chi connectivity index (χ4v) is 4.96. The van der Waals surface area contributed by atoms with Crippen molar-refractivity contribution >= 4 is 29.1 Å². The first-order valence-corrected chi connectivity index (χ1v) is 13.1. The van der Waals surface area contributed by atoms with Gasteiger partial charge in [0, 0.05) is 54.2 Å². The Kier molecular flexibility index (Phi) is 8.97. The van der Waals surface area contributed by atoms with E-state index in [0.29, 0.717) is 28.3 Å². The maximum absolute atomic E-state index is 12.2. The highest BCUT2D eigenvalue weighted by Crippen LogP contribution is 2.34. The number of halogens is 1. The van der Waals surface area contributed by atoms with E-state index in [0.717, 1.165) is 27.8 Å². The lowest BCUT2D eigenvalue weighted by Gasteiger charge is -2.21. The van der Waals surface area contributed by atoms with Crippen LogP contribution in [0.5, 0.6) is 0 Å². The van der Waals surface area contributed by atoms with Crippen molar-refractivity contribution in [2.45, 2.75) is 32.1 Å². The average molecular weight is 557 g/mol. The van der Waals surface area contributed by atoms with Crippen molar-refractivity contribution in [3.63, 3.8) is 0 Å². The first kappa shape index (κ1) is 28.5. The maximum atomic E-state index is 12.2. The Morgan fingerprint density at radius 1 is 0.900 bits per heavy atom. The van der Waals surface area contributed by atoms with Crippen molar-refractivity contribution in [3.8, 4) is 11.1 Å². The van der Waals surface area contributed by atoms with E-state index < -0.39 is 5.97 Å². The Bertz CT molecular complexity index is 1620. The minimum absolute atomic E-state index is 0.0344. The van der Waals surface area contributed by atoms with Gasteiger partial charge in [-0.2, -0.15) is 0 Å². The van der Waals surface area contributed by atoms with Crippen LogP contribution in [0.3, 0.4) is 0 Å². The summed E-state index contributed by atoms with van der Waals surface area (Å²) in [6.45, 7) is 1.99. The molecule has 4 aromatic rings. The van der Waals surface area contributed by atoms with Crippen LogP contribution in [-0.4, -0.2) is 32.3 Å². The molecule has 1 unspecified atom stereocenters. The number of carbonyl (C=O) groups excluding carboxylic acids is 1. The summed E-state index contributed by atoms with van der Waals surface area (Å²) in [4.78, 5) is 34.9. The van der Waals surface area contributed by atoms with Crippen molar-refractivity contribution in [1.29, 1.82) is 0 Å². The van der Waals surface area contributed by atoms with Crippen molar-refractivity contribution < 1.29 is 19.9 Å². The van der Waals surface area contributed by atoms with Gasteiger partial charge in [0.2, 0.25) is 5.56 Å². The standard InChI is InChI=1S/C32H29ClN2O5/c1-20-17-26(33)12-13-27(20)28(18-29(34-40)25-11-15-31(37)35(2)19-25)23-7-3-21(4-8-23)22-5-9-24(10-6-22)30(36)14-16-32(38)39/h3-13,15,17,19,28,40H,14,16,18H2,1-2H3,(H,38,39)/b34-29+. The lowest BCUT2D eigenvalue weighted by Crippen LogP contribution is -2.18. The van der Waals surface area contributed by atoms with Crippen LogP contribution < -0.4 is 5.56 Å². The Balaban J connectivity index is 1.64. The topological polar surface area (TPSA) is 109 Å². The number of Topliss-reactive ketones (excluding diaryl/α,β-unsaturated/α-hetero) is 1. The number of pyridine rings is 1. The molecule has 0 spiro atoms. The van der Waals surface area contributed by atoms with Crippen LogP contribution in [0.2, 0.25) is 5.02 Å². The molecule has 204 valence electrons. The van der Waals surface area contributed by atoms with Crippen LogP contribution in [0, 0.1) is 6.92 Å². The fourth-order valence-electron chi connectivity index (χ4n) is 4.73. The van der Waals surface area contributed by atoms with Crippen molar-refractivity contribution in [2.24, 2.45) is 12.2 Å². The number of carbonyl (C=O) groups is 2. The molecule has 0 amide bonds. The number of carboxylic acids is 1. The van der Waals surface area contributed by atoms with Crippen molar-refractivity contribution in [3.05, 3.63) is 128 Å². The minimum atomic E-state index is -0.996. The van der Waals surface area contributed by atoms with Gasteiger partial charge in [0.05, 0.1) is 12.1 Å². The summed E-state index contributed by atoms with van der Waals surface area (Å²) in [7, 11) is 1.65. The van der Waals surface area contributed by atoms with E-state index in [2.05, 4.69) is 5.16 Å². The zero-order valence-electron chi connectivity index (χ0n) is 22.2. The number of hydrogen-bond acceptors (Lipinski definition) is 5. The van der Waals surface area contributed by atoms with Gasteiger partial charge in [-0.3, -0.25) is 14.4 Å². The summed E-state index contributed by atoms with van der Waals surface area (Å²) in [6, 6.07) is 24.0. The lowest BCUT2D eigenvalue weighted by molar-refractivity contribution is -0.136. The van der Waals surface area contributed by atoms with Crippen LogP contribution in [0.4, 0.5) is 0 Å². The highest BCUT2D eigenvalue weighted by molar-refractivity contribution is 6.30. The van der Waals surface area contributed by atoms with E-state index in [4.69, 9.17) is 16.7 Å². The lowest BCUT2D eigenvalue weighted by atomic mass is 9.83. The van der Waals surface area contributed by atoms with E-state index in [1.54, 1.807) is 31.4 Å². The number of nitrogens with zero attached hydrogens (tertiary/aromatic N) is 2. The van der Waals surface area contributed by atoms with Crippen LogP contribution >= 0.6 is 11.6 Å². The van der Waals surface area contributed by atoms with E-state index in [1.807, 2.05) is 61.5 Å². The largest absolute Gasteiger partial charge is 0.481 e. The van der Waals surface area contributed by atoms with E-state index in [-0.39, 0.29) is 30.1 Å². The van der Waals surface area contributed by atoms with Gasteiger partial charge in [0.1, 0.15) is 0 Å². The molecule has 0 fully saturated rings. The minimum Gasteiger partial charge on any atom is -0.481 e. The molecule has 40 heavy (non-hydrogen) atoms. The van der Waals surface area contributed by atoms with E-state index in [9.17, 15) is 19.6 Å². The molecule has 0 saturated carbocycles. The molecule has 0 saturated heterocycles. The number of ketones is 1. The third-order valence-corrected chi connectivity index (χ3v) is 7.20. The molecule has 0 bridgehead atoms. The van der Waals surface area contributed by atoms with Gasteiger partial charge >= 0.3 is 5.97 Å². The molecule has 4 rings (SSSR count). The number of rotatable bonds is 10. The van der Waals surface area contributed by atoms with E-state index in [1.165, 1.54) is 10.6 Å². The van der Waals surface area contributed by atoms with Gasteiger partial charge in [0.15, 0.2) is 5.78 Å². The molecule has 1 heterocycles. The van der Waals surface area contributed by atoms with Crippen molar-refractivity contribution in [2.75, 3.05) is 0 Å². The summed E-state index contributed by atoms with van der Waals surface area (Å²) in [6.07, 6.45) is 1.81. The normalized spacial score (nSPS) is 12.2. The third-order valence-electron chi connectivity index (χ3n) is 6.96. The SMILES string of the molecule is Cc1cc(Cl)ccc1C(C/C(=N\O)c1ccc(=O)n(C)c1)c1ccc(-c2ccc(C(=O)CCC(=O)O)cc2)cc1. The summed E-state index contributed by atoms with van der Waals surface area (Å²) in [5.74, 6) is -1.36. The first-order valence-electron chi connectivity index (χ1n) is 12.8. The number of hydrogen-bond donors (Lipinski definition) is 2. The van der Waals surface area contributed by atoms with Crippen LogP contribution in [0.25, 0.3) is 11.1 Å². The number of carboxylic acid groups (broad SMARTS) is 1. The summed E-state index contributed by atoms with van der Waals surface area (Å²) in [5, 5.41) is 23.0. The highest BCUT2D eigenvalue weighted by Gasteiger charge is 2.21. The second kappa shape index (κ2) is 12.6. The average Bonchev–Trinajstić information content (AvgIpc) is 2.95. The van der Waals surface area contributed by atoms with Gasteiger partial charge in [-0.15, -0.1) is 0 Å². The van der Waals surface area contributed by atoms with Gasteiger partial charge in [0.25, 0.3) is 0 Å². The Labute approximate surface area is 237 Å². The second-order valence-corrected chi connectivity index (χ2v) is 10.1. The molecule has 0 aliphatic heterocycles. The quantitative estimate of drug-likeness (QED) is 0.101. The molecule has 7 nitrogen and oxygen atoms in total. The third kappa shape index (κ3) is 6.74. The first-order chi connectivity index (χ1) is 19.2. The van der Waals surface area contributed by atoms with Crippen molar-refractivity contribution in [1.82, 2.24) is 4.57 Å². The predicted molar refractivity (Wildman–Crippen MR) is 156 cm³/mol. The monoisotopic (exact) mass is 556 g/mol. The molecule has 1 atom stereocenters. The molecular formula is C32H29ClN2O5. The Hall–Kier alpha value is -4.49. The molecule has 3 aromatic carbocycles. The molecule has 1 aromatic heterocycles. The number of aromatic nitrogens is 1. The van der Waals surface area contributed by atoms with Crippen LogP contribution in [0.1, 0.15) is 57.8 Å². The van der Waals surface area contributed by atoms with Gasteiger partial charge in [-0.05, 0) is 52.9 Å². The summed E-state index contributed by atoms with van der Waals surface area (Å²) < 4.78 is 1.45. The van der Waals surface area contributed by atoms with Crippen LogP contribution in [0.15, 0.2) is 95.0 Å². The Morgan fingerprint density at radius 3 is 2.10 bits per heavy atom. The predicted octanol–water partition coefficient (Wildman–Crippen LogP) is 6.46. The van der Waals surface area contributed by atoms with Gasteiger partial charge < -0.3 is 14.9 Å². The van der Waals surface area contributed by atoms with E-state index >= 15 is 0 Å².